The molecule has 1 heterocycles. The summed E-state index contributed by atoms with van der Waals surface area (Å²) in [5.74, 6) is 0.705. The maximum absolute atomic E-state index is 12.6. The fourth-order valence-corrected chi connectivity index (χ4v) is 4.24. The Labute approximate surface area is 164 Å². The third-order valence-electron chi connectivity index (χ3n) is 4.67. The number of fused-ring (bicyclic) bond motifs is 1. The molecule has 0 amide bonds. The number of imidazole rings is 1. The number of rotatable bonds is 7. The summed E-state index contributed by atoms with van der Waals surface area (Å²) in [5, 5.41) is 0. The largest absolute Gasteiger partial charge is 0.327 e. The van der Waals surface area contributed by atoms with Crippen molar-refractivity contribution in [3.05, 3.63) is 96.3 Å². The third-order valence-corrected chi connectivity index (χ3v) is 6.09. The van der Waals surface area contributed by atoms with Gasteiger partial charge in [-0.25, -0.2) is 18.1 Å². The van der Waals surface area contributed by atoms with Gasteiger partial charge in [0.05, 0.1) is 22.5 Å². The molecule has 5 nitrogen and oxygen atoms in total. The van der Waals surface area contributed by atoms with Crippen molar-refractivity contribution in [1.82, 2.24) is 14.3 Å². The molecule has 28 heavy (non-hydrogen) atoms. The van der Waals surface area contributed by atoms with Crippen LogP contribution in [0.2, 0.25) is 0 Å². The van der Waals surface area contributed by atoms with Crippen molar-refractivity contribution in [3.63, 3.8) is 0 Å². The average Bonchev–Trinajstić information content (AvgIpc) is 3.10. The molecule has 4 rings (SSSR count). The number of para-hydroxylation sites is 2. The van der Waals surface area contributed by atoms with Crippen LogP contribution < -0.4 is 4.72 Å². The minimum absolute atomic E-state index is 0.140. The second-order valence-corrected chi connectivity index (χ2v) is 8.31. The number of sulfonamides is 1. The molecule has 0 spiro atoms. The van der Waals surface area contributed by atoms with E-state index in [1.165, 1.54) is 5.56 Å². The van der Waals surface area contributed by atoms with Gasteiger partial charge in [-0.15, -0.1) is 0 Å². The van der Waals surface area contributed by atoms with Crippen LogP contribution in [0.15, 0.2) is 89.8 Å². The summed E-state index contributed by atoms with van der Waals surface area (Å²) in [7, 11) is -3.58. The molecule has 0 fully saturated rings. The van der Waals surface area contributed by atoms with Gasteiger partial charge in [-0.2, -0.15) is 0 Å². The van der Waals surface area contributed by atoms with Gasteiger partial charge in [0.15, 0.2) is 0 Å². The Morgan fingerprint density at radius 2 is 1.46 bits per heavy atom. The molecular formula is C22H21N3O2S. The van der Waals surface area contributed by atoms with Crippen LogP contribution in [0, 0.1) is 0 Å². The summed E-state index contributed by atoms with van der Waals surface area (Å²) in [6, 6.07) is 26.5. The topological polar surface area (TPSA) is 64.0 Å². The Balaban J connectivity index is 1.59. The number of hydrogen-bond acceptors (Lipinski definition) is 3. The van der Waals surface area contributed by atoms with Crippen molar-refractivity contribution in [3.8, 4) is 0 Å². The number of nitrogens with zero attached hydrogens (tertiary/aromatic N) is 2. The second kappa shape index (κ2) is 7.96. The van der Waals surface area contributed by atoms with E-state index in [9.17, 15) is 8.42 Å². The zero-order valence-electron chi connectivity index (χ0n) is 15.3. The average molecular weight is 391 g/mol. The normalized spacial score (nSPS) is 11.7. The predicted molar refractivity (Wildman–Crippen MR) is 110 cm³/mol. The maximum atomic E-state index is 12.6. The van der Waals surface area contributed by atoms with Gasteiger partial charge in [-0.3, -0.25) is 0 Å². The zero-order valence-corrected chi connectivity index (χ0v) is 16.1. The number of hydrogen-bond donors (Lipinski definition) is 1. The van der Waals surface area contributed by atoms with Gasteiger partial charge >= 0.3 is 0 Å². The van der Waals surface area contributed by atoms with E-state index in [0.29, 0.717) is 5.82 Å². The van der Waals surface area contributed by atoms with Crippen molar-refractivity contribution in [2.75, 3.05) is 0 Å². The Bertz CT molecular complexity index is 1170. The van der Waals surface area contributed by atoms with Crippen LogP contribution in [0.1, 0.15) is 11.4 Å². The maximum Gasteiger partial charge on any atom is 0.240 e. The fraction of sp³-hybridized carbons (Fsp3) is 0.136. The van der Waals surface area contributed by atoms with Crippen molar-refractivity contribution in [1.29, 1.82) is 0 Å². The molecule has 0 unspecified atom stereocenters. The van der Waals surface area contributed by atoms with Gasteiger partial charge < -0.3 is 4.57 Å². The minimum Gasteiger partial charge on any atom is -0.327 e. The molecule has 1 N–H and O–H groups in total. The number of benzene rings is 3. The lowest BCUT2D eigenvalue weighted by Crippen LogP contribution is -2.25. The van der Waals surface area contributed by atoms with E-state index in [2.05, 4.69) is 26.4 Å². The first-order valence-electron chi connectivity index (χ1n) is 9.16. The summed E-state index contributed by atoms with van der Waals surface area (Å²) in [4.78, 5) is 4.91. The SMILES string of the molecule is O=S(=O)(NCc1nc2ccccc2n1CCc1ccccc1)c1ccccc1. The third kappa shape index (κ3) is 3.98. The number of nitrogens with one attached hydrogen (secondary N) is 1. The van der Waals surface area contributed by atoms with Gasteiger partial charge in [0.2, 0.25) is 10.0 Å². The molecular weight excluding hydrogens is 370 g/mol. The van der Waals surface area contributed by atoms with Crippen molar-refractivity contribution >= 4 is 21.1 Å². The highest BCUT2D eigenvalue weighted by Crippen LogP contribution is 2.18. The van der Waals surface area contributed by atoms with E-state index >= 15 is 0 Å². The van der Waals surface area contributed by atoms with Gasteiger partial charge in [0.1, 0.15) is 5.82 Å². The summed E-state index contributed by atoms with van der Waals surface area (Å²) < 4.78 is 29.9. The van der Waals surface area contributed by atoms with E-state index in [1.54, 1.807) is 30.3 Å². The molecule has 6 heteroatoms. The molecule has 3 aromatic carbocycles. The zero-order chi connectivity index (χ0) is 19.4. The molecule has 4 aromatic rings. The lowest BCUT2D eigenvalue weighted by atomic mass is 10.1. The Kier molecular flexibility index (Phi) is 5.23. The molecule has 0 radical (unpaired) electrons. The highest BCUT2D eigenvalue weighted by molar-refractivity contribution is 7.89. The summed E-state index contributed by atoms with van der Waals surface area (Å²) in [6.07, 6.45) is 0.847. The first-order valence-corrected chi connectivity index (χ1v) is 10.6. The quantitative estimate of drug-likeness (QED) is 0.522. The van der Waals surface area contributed by atoms with Crippen molar-refractivity contribution in [2.45, 2.75) is 24.4 Å². The predicted octanol–water partition coefficient (Wildman–Crippen LogP) is 3.76. The van der Waals surface area contributed by atoms with Gasteiger partial charge in [-0.05, 0) is 36.2 Å². The number of aromatic nitrogens is 2. The highest BCUT2D eigenvalue weighted by Gasteiger charge is 2.16. The van der Waals surface area contributed by atoms with Gasteiger partial charge in [-0.1, -0.05) is 60.7 Å². The van der Waals surface area contributed by atoms with E-state index in [-0.39, 0.29) is 11.4 Å². The molecule has 0 aliphatic carbocycles. The molecule has 0 saturated carbocycles. The first kappa shape index (κ1) is 18.4. The van der Waals surface area contributed by atoms with E-state index in [0.717, 1.165) is 24.0 Å². The standard InChI is InChI=1S/C22H21N3O2S/c26-28(27,19-11-5-2-6-12-19)23-17-22-24-20-13-7-8-14-21(20)25(22)16-15-18-9-3-1-4-10-18/h1-14,23H,15-17H2. The molecule has 0 aliphatic heterocycles. The van der Waals surface area contributed by atoms with Gasteiger partial charge in [0.25, 0.3) is 0 Å². The minimum atomic E-state index is -3.58. The highest BCUT2D eigenvalue weighted by atomic mass is 32.2. The Hall–Kier alpha value is -2.96. The van der Waals surface area contributed by atoms with Crippen molar-refractivity contribution < 1.29 is 8.42 Å². The molecule has 142 valence electrons. The first-order chi connectivity index (χ1) is 13.6. The smallest absolute Gasteiger partial charge is 0.240 e. The Morgan fingerprint density at radius 3 is 2.21 bits per heavy atom. The van der Waals surface area contributed by atoms with E-state index in [1.807, 2.05) is 42.5 Å². The van der Waals surface area contributed by atoms with Crippen LogP contribution in [0.5, 0.6) is 0 Å². The molecule has 0 bridgehead atoms. The van der Waals surface area contributed by atoms with E-state index < -0.39 is 10.0 Å². The molecule has 0 saturated heterocycles. The Morgan fingerprint density at radius 1 is 0.821 bits per heavy atom. The lowest BCUT2D eigenvalue weighted by molar-refractivity contribution is 0.574. The van der Waals surface area contributed by atoms with Crippen molar-refractivity contribution in [2.24, 2.45) is 0 Å². The fourth-order valence-electron chi connectivity index (χ4n) is 3.24. The summed E-state index contributed by atoms with van der Waals surface area (Å²) >= 11 is 0. The number of aryl methyl sites for hydroxylation is 2. The van der Waals surface area contributed by atoms with Crippen LogP contribution in [0.25, 0.3) is 11.0 Å². The van der Waals surface area contributed by atoms with Gasteiger partial charge in [0, 0.05) is 6.54 Å². The van der Waals surface area contributed by atoms with Crippen LogP contribution in [0.4, 0.5) is 0 Å². The van der Waals surface area contributed by atoms with Crippen LogP contribution in [0.3, 0.4) is 0 Å². The second-order valence-electron chi connectivity index (χ2n) is 6.54. The molecule has 0 atom stereocenters. The lowest BCUT2D eigenvalue weighted by Gasteiger charge is -2.11. The molecule has 1 aromatic heterocycles. The van der Waals surface area contributed by atoms with Crippen LogP contribution in [-0.4, -0.2) is 18.0 Å². The molecule has 0 aliphatic rings. The summed E-state index contributed by atoms with van der Waals surface area (Å²) in [5.41, 5.74) is 3.10. The van der Waals surface area contributed by atoms with E-state index in [4.69, 9.17) is 0 Å². The van der Waals surface area contributed by atoms with Crippen LogP contribution >= 0.6 is 0 Å². The summed E-state index contributed by atoms with van der Waals surface area (Å²) in [6.45, 7) is 0.869. The monoisotopic (exact) mass is 391 g/mol. The van der Waals surface area contributed by atoms with Crippen LogP contribution in [-0.2, 0) is 29.5 Å².